The van der Waals surface area contributed by atoms with E-state index in [1.54, 1.807) is 36.4 Å². The van der Waals surface area contributed by atoms with Gasteiger partial charge in [-0.3, -0.25) is 10.1 Å². The van der Waals surface area contributed by atoms with Crippen molar-refractivity contribution in [1.82, 2.24) is 9.62 Å². The van der Waals surface area contributed by atoms with Crippen LogP contribution in [0.3, 0.4) is 0 Å². The van der Waals surface area contributed by atoms with Crippen molar-refractivity contribution < 1.29 is 17.9 Å². The summed E-state index contributed by atoms with van der Waals surface area (Å²) in [5, 5.41) is 5.54. The van der Waals surface area contributed by atoms with Gasteiger partial charge in [-0.1, -0.05) is 18.2 Å². The van der Waals surface area contributed by atoms with E-state index in [0.29, 0.717) is 23.6 Å². The van der Waals surface area contributed by atoms with Crippen molar-refractivity contribution in [3.8, 4) is 5.75 Å². The molecule has 0 aromatic heterocycles. The van der Waals surface area contributed by atoms with Crippen molar-refractivity contribution in [2.45, 2.75) is 11.8 Å². The molecule has 0 aliphatic heterocycles. The van der Waals surface area contributed by atoms with E-state index in [9.17, 15) is 13.2 Å². The molecule has 2 rings (SSSR count). The summed E-state index contributed by atoms with van der Waals surface area (Å²) in [6.07, 6.45) is 3.03. The fourth-order valence-electron chi connectivity index (χ4n) is 2.65. The average Bonchev–Trinajstić information content (AvgIpc) is 2.74. The van der Waals surface area contributed by atoms with Crippen LogP contribution in [0.15, 0.2) is 78.7 Å². The van der Waals surface area contributed by atoms with Gasteiger partial charge >= 0.3 is 0 Å². The molecule has 0 aliphatic rings. The summed E-state index contributed by atoms with van der Waals surface area (Å²) in [4.78, 5) is 12.5. The van der Waals surface area contributed by atoms with Crippen molar-refractivity contribution in [1.29, 1.82) is 0 Å². The summed E-state index contributed by atoms with van der Waals surface area (Å²) < 4.78 is 32.1. The molecule has 0 spiro atoms. The molecule has 0 saturated carbocycles. The molecule has 0 heterocycles. The Morgan fingerprint density at radius 2 is 1.77 bits per heavy atom. The zero-order valence-corrected chi connectivity index (χ0v) is 18.8. The highest BCUT2D eigenvalue weighted by Crippen LogP contribution is 2.19. The lowest BCUT2D eigenvalue weighted by Crippen LogP contribution is -2.34. The highest BCUT2D eigenvalue weighted by molar-refractivity contribution is 7.89. The average molecular weight is 460 g/mol. The minimum absolute atomic E-state index is 0.0855. The zero-order valence-electron chi connectivity index (χ0n) is 17.2. The minimum Gasteiger partial charge on any atom is -0.494 e. The van der Waals surface area contributed by atoms with E-state index in [1.807, 2.05) is 6.92 Å². The van der Waals surface area contributed by atoms with Crippen molar-refractivity contribution in [3.63, 3.8) is 0 Å². The fourth-order valence-corrected chi connectivity index (χ4v) is 4.24. The number of benzene rings is 2. The van der Waals surface area contributed by atoms with E-state index in [1.165, 1.54) is 28.6 Å². The summed E-state index contributed by atoms with van der Waals surface area (Å²) in [5.74, 6) is 0.204. The van der Waals surface area contributed by atoms with E-state index in [-0.39, 0.29) is 29.0 Å². The van der Waals surface area contributed by atoms with Crippen molar-refractivity contribution in [2.24, 2.45) is 0 Å². The largest absolute Gasteiger partial charge is 0.494 e. The van der Waals surface area contributed by atoms with Crippen LogP contribution in [0, 0.1) is 0 Å². The topological polar surface area (TPSA) is 87.7 Å². The summed E-state index contributed by atoms with van der Waals surface area (Å²) >= 11 is 5.19. The number of rotatable bonds is 10. The Kier molecular flexibility index (Phi) is 8.92. The van der Waals surface area contributed by atoms with Gasteiger partial charge in [-0.05, 0) is 61.6 Å². The Morgan fingerprint density at radius 1 is 1.13 bits per heavy atom. The number of carbonyl (C=O) groups is 1. The molecule has 2 aromatic carbocycles. The second kappa shape index (κ2) is 11.4. The first-order valence-corrected chi connectivity index (χ1v) is 11.3. The number of thiocarbonyl (C=S) groups is 1. The van der Waals surface area contributed by atoms with E-state index < -0.39 is 10.0 Å². The molecule has 0 radical (unpaired) electrons. The molecule has 0 saturated heterocycles. The SMILES string of the molecule is C=CCN(CC=C)S(=O)(=O)c1ccc(NC(=S)NC(=O)c2cccc(OCC)c2)cc1. The van der Waals surface area contributed by atoms with Gasteiger partial charge in [0.15, 0.2) is 5.11 Å². The van der Waals surface area contributed by atoms with Gasteiger partial charge in [0.1, 0.15) is 5.75 Å². The van der Waals surface area contributed by atoms with Crippen LogP contribution in [0.5, 0.6) is 5.75 Å². The van der Waals surface area contributed by atoms with Crippen LogP contribution in [0.1, 0.15) is 17.3 Å². The number of sulfonamides is 1. The van der Waals surface area contributed by atoms with Gasteiger partial charge in [0.25, 0.3) is 5.91 Å². The highest BCUT2D eigenvalue weighted by atomic mass is 32.2. The summed E-state index contributed by atoms with van der Waals surface area (Å²) in [6.45, 7) is 9.89. The first kappa shape index (κ1) is 24.3. The third-order valence-corrected chi connectivity index (χ3v) is 6.10. The molecule has 2 N–H and O–H groups in total. The van der Waals surface area contributed by atoms with Crippen molar-refractivity contribution in [2.75, 3.05) is 25.0 Å². The maximum absolute atomic E-state index is 12.7. The number of amides is 1. The number of anilines is 1. The Labute approximate surface area is 188 Å². The highest BCUT2D eigenvalue weighted by Gasteiger charge is 2.22. The first-order valence-electron chi connectivity index (χ1n) is 9.49. The molecule has 2 aromatic rings. The number of hydrogen-bond donors (Lipinski definition) is 2. The van der Waals surface area contributed by atoms with Crippen LogP contribution in [-0.2, 0) is 10.0 Å². The van der Waals surface area contributed by atoms with Crippen molar-refractivity contribution >= 4 is 38.9 Å². The molecule has 31 heavy (non-hydrogen) atoms. The number of nitrogens with one attached hydrogen (secondary N) is 2. The second-order valence-electron chi connectivity index (χ2n) is 6.29. The normalized spacial score (nSPS) is 10.9. The van der Waals surface area contributed by atoms with Crippen LogP contribution in [-0.4, -0.2) is 43.4 Å². The Balaban J connectivity index is 2.04. The summed E-state index contributed by atoms with van der Waals surface area (Å²) in [6, 6.07) is 12.8. The van der Waals surface area contributed by atoms with Crippen LogP contribution < -0.4 is 15.4 Å². The Bertz CT molecular complexity index is 1040. The minimum atomic E-state index is -3.69. The number of carbonyl (C=O) groups excluding carboxylic acids is 1. The van der Waals surface area contributed by atoms with E-state index >= 15 is 0 Å². The lowest BCUT2D eigenvalue weighted by molar-refractivity contribution is 0.0977. The van der Waals surface area contributed by atoms with Gasteiger partial charge in [-0.2, -0.15) is 4.31 Å². The number of ether oxygens (including phenoxy) is 1. The van der Waals surface area contributed by atoms with Crippen LogP contribution >= 0.6 is 12.2 Å². The molecular weight excluding hydrogens is 434 g/mol. The molecule has 9 heteroatoms. The van der Waals surface area contributed by atoms with Crippen LogP contribution in [0.25, 0.3) is 0 Å². The van der Waals surface area contributed by atoms with Gasteiger partial charge in [0.05, 0.1) is 11.5 Å². The first-order chi connectivity index (χ1) is 14.8. The molecule has 0 fully saturated rings. The van der Waals surface area contributed by atoms with Crippen molar-refractivity contribution in [3.05, 3.63) is 79.4 Å². The number of hydrogen-bond acceptors (Lipinski definition) is 5. The standard InChI is InChI=1S/C22H25N3O4S2/c1-4-14-25(15-5-2)31(27,28)20-12-10-18(11-13-20)23-22(30)24-21(26)17-8-7-9-19(16-17)29-6-3/h4-5,7-13,16H,1-2,6,14-15H2,3H3,(H2,23,24,26,30). The second-order valence-corrected chi connectivity index (χ2v) is 8.64. The molecule has 7 nitrogen and oxygen atoms in total. The maximum atomic E-state index is 12.7. The summed E-state index contributed by atoms with van der Waals surface area (Å²) in [5.41, 5.74) is 0.937. The van der Waals surface area contributed by atoms with Gasteiger partial charge in [0, 0.05) is 24.3 Å². The fraction of sp³-hybridized carbons (Fsp3) is 0.182. The summed E-state index contributed by atoms with van der Waals surface area (Å²) in [7, 11) is -3.69. The third kappa shape index (κ3) is 6.74. The monoisotopic (exact) mass is 459 g/mol. The van der Waals surface area contributed by atoms with Crippen LogP contribution in [0.2, 0.25) is 0 Å². The molecule has 0 atom stereocenters. The van der Waals surface area contributed by atoms with E-state index in [4.69, 9.17) is 17.0 Å². The van der Waals surface area contributed by atoms with Crippen LogP contribution in [0.4, 0.5) is 5.69 Å². The smallest absolute Gasteiger partial charge is 0.257 e. The predicted molar refractivity (Wildman–Crippen MR) is 127 cm³/mol. The van der Waals surface area contributed by atoms with Gasteiger partial charge in [-0.15, -0.1) is 13.2 Å². The lowest BCUT2D eigenvalue weighted by atomic mass is 10.2. The van der Waals surface area contributed by atoms with E-state index in [2.05, 4.69) is 23.8 Å². The molecule has 164 valence electrons. The van der Waals surface area contributed by atoms with Gasteiger partial charge < -0.3 is 10.1 Å². The zero-order chi connectivity index (χ0) is 22.9. The lowest BCUT2D eigenvalue weighted by Gasteiger charge is -2.19. The third-order valence-electron chi connectivity index (χ3n) is 4.05. The molecule has 0 bridgehead atoms. The predicted octanol–water partition coefficient (Wildman–Crippen LogP) is 3.57. The maximum Gasteiger partial charge on any atom is 0.257 e. The van der Waals surface area contributed by atoms with E-state index in [0.717, 1.165) is 0 Å². The molecule has 0 unspecified atom stereocenters. The molecule has 0 aliphatic carbocycles. The molecule has 1 amide bonds. The quantitative estimate of drug-likeness (QED) is 0.417. The van der Waals surface area contributed by atoms with Gasteiger partial charge in [0.2, 0.25) is 10.0 Å². The Hall–Kier alpha value is -3.01. The number of nitrogens with zero attached hydrogens (tertiary/aromatic N) is 1. The van der Waals surface area contributed by atoms with Gasteiger partial charge in [-0.25, -0.2) is 8.42 Å². The Morgan fingerprint density at radius 3 is 2.35 bits per heavy atom. The molecular formula is C22H25N3O4S2.